The van der Waals surface area contributed by atoms with Gasteiger partial charge in [0.25, 0.3) is 0 Å². The molecular formula is C12H17N3O. The first kappa shape index (κ1) is 11.1. The smallest absolute Gasteiger partial charge is 0.0955 e. The third-order valence-electron chi connectivity index (χ3n) is 2.72. The Morgan fingerprint density at radius 2 is 2.25 bits per heavy atom. The number of aliphatic hydroxyl groups excluding tert-OH is 1. The van der Waals surface area contributed by atoms with E-state index >= 15 is 0 Å². The number of hydrogen-bond donors (Lipinski definition) is 1. The number of hydrogen-bond acceptors (Lipinski definition) is 3. The molecule has 0 amide bonds. The number of fused-ring (bicyclic) bond motifs is 1. The maximum absolute atomic E-state index is 8.83. The molecule has 4 nitrogen and oxygen atoms in total. The highest BCUT2D eigenvalue weighted by molar-refractivity contribution is 5.75. The van der Waals surface area contributed by atoms with Crippen molar-refractivity contribution in [3.63, 3.8) is 0 Å². The largest absolute Gasteiger partial charge is 0.395 e. The van der Waals surface area contributed by atoms with Crippen molar-refractivity contribution in [2.45, 2.75) is 6.54 Å². The normalized spacial score (nSPS) is 11.5. The Morgan fingerprint density at radius 3 is 3.00 bits per heavy atom. The van der Waals surface area contributed by atoms with E-state index in [0.717, 1.165) is 17.6 Å². The fourth-order valence-corrected chi connectivity index (χ4v) is 1.84. The molecule has 0 aliphatic heterocycles. The molecule has 2 rings (SSSR count). The standard InChI is InChI=1S/C12H17N3O/c1-14(5-6-16)8-10-3-4-12-11(7-10)13-9-15(12)2/h3-4,7,9,16H,5-6,8H2,1-2H3. The molecule has 1 aromatic heterocycles. The topological polar surface area (TPSA) is 41.3 Å². The summed E-state index contributed by atoms with van der Waals surface area (Å²) in [5, 5.41) is 8.83. The van der Waals surface area contributed by atoms with Gasteiger partial charge >= 0.3 is 0 Å². The molecule has 0 saturated carbocycles. The van der Waals surface area contributed by atoms with Crippen molar-refractivity contribution >= 4 is 11.0 Å². The van der Waals surface area contributed by atoms with Gasteiger partial charge in [0, 0.05) is 20.1 Å². The minimum absolute atomic E-state index is 0.197. The Kier molecular flexibility index (Phi) is 3.22. The van der Waals surface area contributed by atoms with Crippen molar-refractivity contribution in [2.75, 3.05) is 20.2 Å². The first-order valence-corrected chi connectivity index (χ1v) is 5.40. The Labute approximate surface area is 95.1 Å². The van der Waals surface area contributed by atoms with Crippen molar-refractivity contribution in [1.29, 1.82) is 0 Å². The Hall–Kier alpha value is -1.39. The van der Waals surface area contributed by atoms with E-state index in [4.69, 9.17) is 5.11 Å². The maximum atomic E-state index is 8.83. The zero-order chi connectivity index (χ0) is 11.5. The van der Waals surface area contributed by atoms with Crippen LogP contribution in [0.4, 0.5) is 0 Å². The van der Waals surface area contributed by atoms with Crippen molar-refractivity contribution in [3.05, 3.63) is 30.1 Å². The summed E-state index contributed by atoms with van der Waals surface area (Å²) in [6.07, 6.45) is 1.83. The zero-order valence-corrected chi connectivity index (χ0v) is 9.72. The molecule has 1 N–H and O–H groups in total. The maximum Gasteiger partial charge on any atom is 0.0955 e. The summed E-state index contributed by atoms with van der Waals surface area (Å²) in [6.45, 7) is 1.73. The number of imidazole rings is 1. The van der Waals surface area contributed by atoms with Crippen LogP contribution in [-0.2, 0) is 13.6 Å². The molecule has 86 valence electrons. The highest BCUT2D eigenvalue weighted by Crippen LogP contribution is 2.14. The summed E-state index contributed by atoms with van der Waals surface area (Å²) in [6, 6.07) is 6.30. The molecule has 0 atom stereocenters. The molecule has 0 bridgehead atoms. The first-order valence-electron chi connectivity index (χ1n) is 5.40. The van der Waals surface area contributed by atoms with Crippen LogP contribution < -0.4 is 0 Å². The summed E-state index contributed by atoms with van der Waals surface area (Å²) in [5.74, 6) is 0. The first-order chi connectivity index (χ1) is 7.70. The van der Waals surface area contributed by atoms with Gasteiger partial charge in [-0.1, -0.05) is 6.07 Å². The van der Waals surface area contributed by atoms with Crippen molar-refractivity contribution in [2.24, 2.45) is 7.05 Å². The van der Waals surface area contributed by atoms with Gasteiger partial charge in [0.2, 0.25) is 0 Å². The molecule has 4 heteroatoms. The Bertz CT molecular complexity index is 478. The van der Waals surface area contributed by atoms with Crippen molar-refractivity contribution in [3.8, 4) is 0 Å². The average Bonchev–Trinajstić information content (AvgIpc) is 2.60. The van der Waals surface area contributed by atoms with Crippen LogP contribution in [0.3, 0.4) is 0 Å². The van der Waals surface area contributed by atoms with Crippen LogP contribution in [0.15, 0.2) is 24.5 Å². The molecule has 0 unspecified atom stereocenters. The lowest BCUT2D eigenvalue weighted by atomic mass is 10.2. The van der Waals surface area contributed by atoms with E-state index < -0.39 is 0 Å². The molecule has 16 heavy (non-hydrogen) atoms. The zero-order valence-electron chi connectivity index (χ0n) is 9.72. The highest BCUT2D eigenvalue weighted by Gasteiger charge is 2.03. The van der Waals surface area contributed by atoms with Crippen LogP contribution in [0.1, 0.15) is 5.56 Å². The lowest BCUT2D eigenvalue weighted by Crippen LogP contribution is -2.21. The molecule has 1 aromatic carbocycles. The predicted molar refractivity (Wildman–Crippen MR) is 64.1 cm³/mol. The third-order valence-corrected chi connectivity index (χ3v) is 2.72. The summed E-state index contributed by atoms with van der Waals surface area (Å²) >= 11 is 0. The second-order valence-electron chi connectivity index (χ2n) is 4.14. The molecule has 1 heterocycles. The molecule has 0 aliphatic carbocycles. The second-order valence-corrected chi connectivity index (χ2v) is 4.14. The molecule has 0 spiro atoms. The van der Waals surface area contributed by atoms with Crippen molar-refractivity contribution in [1.82, 2.24) is 14.5 Å². The lowest BCUT2D eigenvalue weighted by molar-refractivity contribution is 0.217. The van der Waals surface area contributed by atoms with Gasteiger partial charge in [-0.15, -0.1) is 0 Å². The van der Waals surface area contributed by atoms with E-state index in [9.17, 15) is 0 Å². The molecular weight excluding hydrogens is 202 g/mol. The number of nitrogens with zero attached hydrogens (tertiary/aromatic N) is 3. The fraction of sp³-hybridized carbons (Fsp3) is 0.417. The second kappa shape index (κ2) is 4.63. The Morgan fingerprint density at radius 1 is 1.44 bits per heavy atom. The third kappa shape index (κ3) is 2.23. The fourth-order valence-electron chi connectivity index (χ4n) is 1.84. The molecule has 0 fully saturated rings. The summed E-state index contributed by atoms with van der Waals surface area (Å²) in [5.41, 5.74) is 3.40. The van der Waals surface area contributed by atoms with E-state index in [-0.39, 0.29) is 6.61 Å². The van der Waals surface area contributed by atoms with Gasteiger partial charge in [-0.25, -0.2) is 4.98 Å². The van der Waals surface area contributed by atoms with Gasteiger partial charge in [0.15, 0.2) is 0 Å². The summed E-state index contributed by atoms with van der Waals surface area (Å²) in [4.78, 5) is 6.41. The van der Waals surface area contributed by atoms with Gasteiger partial charge in [0.1, 0.15) is 0 Å². The SMILES string of the molecule is CN(CCO)Cc1ccc2c(c1)ncn2C. The monoisotopic (exact) mass is 219 g/mol. The Balaban J connectivity index is 2.19. The van der Waals surface area contributed by atoms with E-state index in [1.807, 2.05) is 25.0 Å². The quantitative estimate of drug-likeness (QED) is 0.834. The molecule has 0 saturated heterocycles. The molecule has 0 radical (unpaired) electrons. The minimum atomic E-state index is 0.197. The van der Waals surface area contributed by atoms with Gasteiger partial charge in [-0.05, 0) is 24.7 Å². The number of aryl methyl sites for hydroxylation is 1. The van der Waals surface area contributed by atoms with E-state index in [1.54, 1.807) is 0 Å². The number of likely N-dealkylation sites (N-methyl/N-ethyl adjacent to an activating group) is 1. The van der Waals surface area contributed by atoms with Crippen LogP contribution >= 0.6 is 0 Å². The number of rotatable bonds is 4. The lowest BCUT2D eigenvalue weighted by Gasteiger charge is -2.14. The van der Waals surface area contributed by atoms with E-state index in [2.05, 4.69) is 28.1 Å². The van der Waals surface area contributed by atoms with Crippen molar-refractivity contribution < 1.29 is 5.11 Å². The highest BCUT2D eigenvalue weighted by atomic mass is 16.3. The van der Waals surface area contributed by atoms with Crippen LogP contribution in [-0.4, -0.2) is 39.8 Å². The number of aromatic nitrogens is 2. The summed E-state index contributed by atoms with van der Waals surface area (Å²) < 4.78 is 2.01. The van der Waals surface area contributed by atoms with Crippen LogP contribution in [0.25, 0.3) is 11.0 Å². The van der Waals surface area contributed by atoms with Gasteiger partial charge in [0.05, 0.1) is 24.0 Å². The van der Waals surface area contributed by atoms with Gasteiger partial charge in [-0.3, -0.25) is 4.90 Å². The number of aliphatic hydroxyl groups is 1. The van der Waals surface area contributed by atoms with Gasteiger partial charge in [-0.2, -0.15) is 0 Å². The van der Waals surface area contributed by atoms with Crippen LogP contribution in [0.5, 0.6) is 0 Å². The average molecular weight is 219 g/mol. The minimum Gasteiger partial charge on any atom is -0.395 e. The van der Waals surface area contributed by atoms with Crippen LogP contribution in [0.2, 0.25) is 0 Å². The van der Waals surface area contributed by atoms with Crippen LogP contribution in [0, 0.1) is 0 Å². The van der Waals surface area contributed by atoms with Gasteiger partial charge < -0.3 is 9.67 Å². The van der Waals surface area contributed by atoms with E-state index in [0.29, 0.717) is 6.54 Å². The summed E-state index contributed by atoms with van der Waals surface area (Å²) in [7, 11) is 3.99. The molecule has 0 aliphatic rings. The van der Waals surface area contributed by atoms with E-state index in [1.165, 1.54) is 5.56 Å². The molecule has 2 aromatic rings. The number of benzene rings is 1. The predicted octanol–water partition coefficient (Wildman–Crippen LogP) is 0.997.